The molecule has 3 atom stereocenters. The van der Waals surface area contributed by atoms with E-state index in [1.165, 1.54) is 38.5 Å². The molecule has 31 heavy (non-hydrogen) atoms. The van der Waals surface area contributed by atoms with Gasteiger partial charge in [-0.15, -0.1) is 0 Å². The monoisotopic (exact) mass is 421 g/mol. The molecule has 1 saturated heterocycles. The number of hydrogen-bond donors (Lipinski definition) is 0. The molecule has 0 aromatic heterocycles. The van der Waals surface area contributed by atoms with Crippen LogP contribution in [0.25, 0.3) is 0 Å². The first-order chi connectivity index (χ1) is 15.1. The molecule has 0 radical (unpaired) electrons. The molecule has 2 aromatic carbocycles. The van der Waals surface area contributed by atoms with E-state index in [0.717, 1.165) is 24.6 Å². The number of rotatable bonds is 6. The van der Waals surface area contributed by atoms with E-state index in [2.05, 4.69) is 36.1 Å². The van der Waals surface area contributed by atoms with Gasteiger partial charge in [-0.25, -0.2) is 0 Å². The zero-order valence-electron chi connectivity index (χ0n) is 19.2. The second-order valence-electron chi connectivity index (χ2n) is 9.58. The average Bonchev–Trinajstić information content (AvgIpc) is 3.22. The minimum absolute atomic E-state index is 0.391. The standard InChI is InChI=1S/C27H35NO3/c1-20-26-12-6-13-27(26,23-8-5-4-7-21(23)11-14-26)15-16-28(20)17-18-31-22-9-10-24(29-2)25(19-22)30-3/h4-5,7-10,19-20H,6,11-18H2,1-3H3. The van der Waals surface area contributed by atoms with Gasteiger partial charge in [0.05, 0.1) is 14.2 Å². The SMILES string of the molecule is COc1ccc(OCCN2CCC34CCCC3(CCc3ccccc34)C2C)cc1OC. The number of piperidine rings is 1. The van der Waals surface area contributed by atoms with Crippen molar-refractivity contribution in [3.8, 4) is 17.2 Å². The lowest BCUT2D eigenvalue weighted by Crippen LogP contribution is -2.62. The van der Waals surface area contributed by atoms with Gasteiger partial charge in [-0.05, 0) is 74.2 Å². The maximum Gasteiger partial charge on any atom is 0.164 e. The number of aryl methyl sites for hydroxylation is 1. The minimum Gasteiger partial charge on any atom is -0.493 e. The predicted molar refractivity (Wildman–Crippen MR) is 123 cm³/mol. The molecule has 4 heteroatoms. The van der Waals surface area contributed by atoms with Crippen molar-refractivity contribution in [2.45, 2.75) is 56.9 Å². The molecular formula is C27H35NO3. The lowest BCUT2D eigenvalue weighted by atomic mass is 9.50. The minimum atomic E-state index is 0.391. The van der Waals surface area contributed by atoms with Gasteiger partial charge in [0, 0.05) is 24.1 Å². The maximum absolute atomic E-state index is 6.12. The van der Waals surface area contributed by atoms with E-state index >= 15 is 0 Å². The first kappa shape index (κ1) is 20.7. The third kappa shape index (κ3) is 3.14. The second-order valence-corrected chi connectivity index (χ2v) is 9.58. The van der Waals surface area contributed by atoms with E-state index in [4.69, 9.17) is 14.2 Å². The van der Waals surface area contributed by atoms with Crippen LogP contribution in [-0.2, 0) is 11.8 Å². The zero-order chi connectivity index (χ0) is 21.5. The molecule has 3 aliphatic rings. The Morgan fingerprint density at radius 3 is 2.65 bits per heavy atom. The van der Waals surface area contributed by atoms with Crippen LogP contribution < -0.4 is 14.2 Å². The summed E-state index contributed by atoms with van der Waals surface area (Å²) < 4.78 is 16.9. The second kappa shape index (κ2) is 8.05. The third-order valence-corrected chi connectivity index (χ3v) is 8.73. The quantitative estimate of drug-likeness (QED) is 0.639. The summed E-state index contributed by atoms with van der Waals surface area (Å²) in [5, 5.41) is 0. The van der Waals surface area contributed by atoms with E-state index in [-0.39, 0.29) is 0 Å². The highest BCUT2D eigenvalue weighted by molar-refractivity contribution is 5.45. The fourth-order valence-corrected chi connectivity index (χ4v) is 7.22. The average molecular weight is 422 g/mol. The van der Waals surface area contributed by atoms with Crippen LogP contribution >= 0.6 is 0 Å². The first-order valence-corrected chi connectivity index (χ1v) is 11.8. The van der Waals surface area contributed by atoms with Gasteiger partial charge in [0.2, 0.25) is 0 Å². The highest BCUT2D eigenvalue weighted by Crippen LogP contribution is 2.65. The van der Waals surface area contributed by atoms with Crippen LogP contribution in [0.1, 0.15) is 50.2 Å². The molecule has 1 saturated carbocycles. The number of fused-ring (bicyclic) bond motifs is 1. The number of nitrogens with zero attached hydrogens (tertiary/aromatic N) is 1. The van der Waals surface area contributed by atoms with Gasteiger partial charge < -0.3 is 14.2 Å². The van der Waals surface area contributed by atoms with E-state index in [1.54, 1.807) is 25.3 Å². The smallest absolute Gasteiger partial charge is 0.164 e. The van der Waals surface area contributed by atoms with Crippen LogP contribution in [0, 0.1) is 5.41 Å². The largest absolute Gasteiger partial charge is 0.493 e. The molecular weight excluding hydrogens is 386 g/mol. The Kier molecular flexibility index (Phi) is 5.37. The van der Waals surface area contributed by atoms with Gasteiger partial charge in [0.25, 0.3) is 0 Å². The topological polar surface area (TPSA) is 30.9 Å². The number of methoxy groups -OCH3 is 2. The van der Waals surface area contributed by atoms with Crippen LogP contribution in [-0.4, -0.2) is 44.9 Å². The Morgan fingerprint density at radius 1 is 0.968 bits per heavy atom. The molecule has 1 heterocycles. The normalized spacial score (nSPS) is 29.6. The molecule has 5 rings (SSSR count). The summed E-state index contributed by atoms with van der Waals surface area (Å²) in [7, 11) is 3.31. The van der Waals surface area contributed by atoms with E-state index < -0.39 is 0 Å². The molecule has 2 aliphatic carbocycles. The van der Waals surface area contributed by atoms with E-state index in [1.807, 2.05) is 18.2 Å². The molecule has 2 fully saturated rings. The summed E-state index contributed by atoms with van der Waals surface area (Å²) in [5.74, 6) is 2.28. The molecule has 2 aromatic rings. The molecule has 0 N–H and O–H groups in total. The highest BCUT2D eigenvalue weighted by atomic mass is 16.5. The Labute approximate surface area is 186 Å². The van der Waals surface area contributed by atoms with Crippen molar-refractivity contribution in [2.24, 2.45) is 5.41 Å². The van der Waals surface area contributed by atoms with Crippen molar-refractivity contribution >= 4 is 0 Å². The van der Waals surface area contributed by atoms with Crippen molar-refractivity contribution in [3.05, 3.63) is 53.6 Å². The Morgan fingerprint density at radius 2 is 1.81 bits per heavy atom. The summed E-state index contributed by atoms with van der Waals surface area (Å²) >= 11 is 0. The van der Waals surface area contributed by atoms with Gasteiger partial charge in [-0.1, -0.05) is 30.7 Å². The Bertz CT molecular complexity index is 944. The van der Waals surface area contributed by atoms with Crippen LogP contribution in [0.5, 0.6) is 17.2 Å². The third-order valence-electron chi connectivity index (χ3n) is 8.73. The van der Waals surface area contributed by atoms with Crippen molar-refractivity contribution in [1.82, 2.24) is 4.90 Å². The molecule has 1 aliphatic heterocycles. The lowest BCUT2D eigenvalue weighted by molar-refractivity contribution is -0.0475. The van der Waals surface area contributed by atoms with Crippen LogP contribution in [0.3, 0.4) is 0 Å². The summed E-state index contributed by atoms with van der Waals surface area (Å²) in [6.07, 6.45) is 7.95. The van der Waals surface area contributed by atoms with Crippen molar-refractivity contribution in [3.63, 3.8) is 0 Å². The lowest BCUT2D eigenvalue weighted by Gasteiger charge is -2.60. The number of hydrogen-bond acceptors (Lipinski definition) is 4. The van der Waals surface area contributed by atoms with Crippen LogP contribution in [0.2, 0.25) is 0 Å². The molecule has 0 amide bonds. The summed E-state index contributed by atoms with van der Waals surface area (Å²) in [4.78, 5) is 2.69. The van der Waals surface area contributed by atoms with Gasteiger partial charge >= 0.3 is 0 Å². The van der Waals surface area contributed by atoms with E-state index in [0.29, 0.717) is 29.2 Å². The van der Waals surface area contributed by atoms with Gasteiger partial charge in [0.15, 0.2) is 11.5 Å². The van der Waals surface area contributed by atoms with Crippen molar-refractivity contribution in [2.75, 3.05) is 33.9 Å². The molecule has 0 bridgehead atoms. The fourth-order valence-electron chi connectivity index (χ4n) is 7.22. The van der Waals surface area contributed by atoms with Gasteiger partial charge in [-0.3, -0.25) is 4.90 Å². The molecule has 0 spiro atoms. The van der Waals surface area contributed by atoms with Crippen LogP contribution in [0.15, 0.2) is 42.5 Å². The van der Waals surface area contributed by atoms with Gasteiger partial charge in [-0.2, -0.15) is 0 Å². The molecule has 4 nitrogen and oxygen atoms in total. The van der Waals surface area contributed by atoms with Crippen molar-refractivity contribution in [1.29, 1.82) is 0 Å². The summed E-state index contributed by atoms with van der Waals surface area (Å²) in [6.45, 7) is 5.31. The van der Waals surface area contributed by atoms with Crippen molar-refractivity contribution < 1.29 is 14.2 Å². The predicted octanol–water partition coefficient (Wildman–Crippen LogP) is 5.23. The molecule has 3 unspecified atom stereocenters. The van der Waals surface area contributed by atoms with Crippen LogP contribution in [0.4, 0.5) is 0 Å². The summed E-state index contributed by atoms with van der Waals surface area (Å²) in [5.41, 5.74) is 4.09. The van der Waals surface area contributed by atoms with Gasteiger partial charge in [0.1, 0.15) is 12.4 Å². The maximum atomic E-state index is 6.12. The number of benzene rings is 2. The Hall–Kier alpha value is -2.20. The van der Waals surface area contributed by atoms with E-state index in [9.17, 15) is 0 Å². The zero-order valence-corrected chi connectivity index (χ0v) is 19.2. The molecule has 166 valence electrons. The number of ether oxygens (including phenoxy) is 3. The highest BCUT2D eigenvalue weighted by Gasteiger charge is 2.62. The Balaban J connectivity index is 1.30. The fraction of sp³-hybridized carbons (Fsp3) is 0.556. The summed E-state index contributed by atoms with van der Waals surface area (Å²) in [6, 6.07) is 15.7. The number of likely N-dealkylation sites (tertiary alicyclic amines) is 1. The first-order valence-electron chi connectivity index (χ1n) is 11.8.